The first-order valence-electron chi connectivity index (χ1n) is 4.54. The van der Waals surface area contributed by atoms with Gasteiger partial charge in [0.2, 0.25) is 0 Å². The Kier molecular flexibility index (Phi) is 3.83. The average Bonchev–Trinajstić information content (AvgIpc) is 2.01. The second-order valence-electron chi connectivity index (χ2n) is 4.32. The molecule has 0 aliphatic heterocycles. The topological polar surface area (TPSA) is 12.0 Å². The van der Waals surface area contributed by atoms with Crippen LogP contribution in [-0.4, -0.2) is 15.1 Å². The van der Waals surface area contributed by atoms with Gasteiger partial charge in [-0.25, -0.2) is 0 Å². The van der Waals surface area contributed by atoms with Crippen molar-refractivity contribution in [2.24, 2.45) is 0 Å². The van der Waals surface area contributed by atoms with Crippen molar-refractivity contribution in [3.63, 3.8) is 0 Å². The first kappa shape index (κ1) is 12.3. The van der Waals surface area contributed by atoms with Crippen molar-refractivity contribution in [2.45, 2.75) is 19.6 Å². The van der Waals surface area contributed by atoms with Gasteiger partial charge in [0.1, 0.15) is 8.24 Å². The zero-order valence-electron chi connectivity index (χ0n) is 8.64. The number of halogens is 2. The third kappa shape index (κ3) is 3.75. The fraction of sp³-hybridized carbons (Fsp3) is 0.333. The van der Waals surface area contributed by atoms with E-state index >= 15 is 0 Å². The second-order valence-corrected chi connectivity index (χ2v) is 15.5. The molecule has 0 saturated carbocycles. The van der Waals surface area contributed by atoms with Crippen LogP contribution in [0.25, 0.3) is 0 Å². The Morgan fingerprint density at radius 1 is 1.00 bits per heavy atom. The highest BCUT2D eigenvalue weighted by atomic mass is 35.7. The van der Waals surface area contributed by atoms with Crippen LogP contribution in [0.4, 0.5) is 0 Å². The molecular weight excluding hydrogens is 249 g/mol. The predicted molar refractivity (Wildman–Crippen MR) is 70.0 cm³/mol. The van der Waals surface area contributed by atoms with Crippen molar-refractivity contribution in [2.75, 3.05) is 0 Å². The summed E-state index contributed by atoms with van der Waals surface area (Å²) in [4.78, 5) is 0. The van der Waals surface area contributed by atoms with Gasteiger partial charge in [0.05, 0.1) is 0 Å². The molecule has 0 aliphatic carbocycles. The van der Waals surface area contributed by atoms with E-state index in [0.29, 0.717) is 0 Å². The normalized spacial score (nSPS) is 12.9. The Hall–Kier alpha value is 0.194. The molecule has 0 heterocycles. The van der Waals surface area contributed by atoms with Crippen LogP contribution < -0.4 is 9.83 Å². The second kappa shape index (κ2) is 4.37. The van der Waals surface area contributed by atoms with Crippen molar-refractivity contribution in [3.8, 4) is 0 Å². The molecule has 0 spiro atoms. The lowest BCUT2D eigenvalue weighted by molar-refractivity contribution is 1.39. The van der Waals surface area contributed by atoms with Crippen LogP contribution in [0.15, 0.2) is 30.3 Å². The summed E-state index contributed by atoms with van der Waals surface area (Å²) >= 11 is 12.7. The lowest BCUT2D eigenvalue weighted by Crippen LogP contribution is -2.61. The Morgan fingerprint density at radius 2 is 1.50 bits per heavy atom. The van der Waals surface area contributed by atoms with E-state index in [4.69, 9.17) is 22.2 Å². The highest BCUT2D eigenvalue weighted by Crippen LogP contribution is 2.14. The Balaban J connectivity index is 2.86. The fourth-order valence-corrected chi connectivity index (χ4v) is 12.0. The van der Waals surface area contributed by atoms with Gasteiger partial charge in [0, 0.05) is 0 Å². The van der Waals surface area contributed by atoms with Crippen LogP contribution in [0, 0.1) is 0 Å². The summed E-state index contributed by atoms with van der Waals surface area (Å²) in [5, 5.41) is 1.03. The van der Waals surface area contributed by atoms with Crippen LogP contribution in [0.3, 0.4) is 0 Å². The van der Waals surface area contributed by atoms with Crippen molar-refractivity contribution in [3.05, 3.63) is 30.3 Å². The minimum atomic E-state index is -2.46. The molecule has 0 aromatic heterocycles. The van der Waals surface area contributed by atoms with Crippen molar-refractivity contribution < 1.29 is 0 Å². The quantitative estimate of drug-likeness (QED) is 0.654. The van der Waals surface area contributed by atoms with E-state index in [0.717, 1.165) is 5.19 Å². The van der Waals surface area contributed by atoms with Crippen LogP contribution in [0.1, 0.15) is 0 Å². The van der Waals surface area contributed by atoms with E-state index in [1.54, 1.807) is 0 Å². The van der Waals surface area contributed by atoms with E-state index in [9.17, 15) is 0 Å². The maximum absolute atomic E-state index is 6.37. The number of hydrogen-bond donors (Lipinski definition) is 1. The van der Waals surface area contributed by atoms with E-state index in [-0.39, 0.29) is 0 Å². The van der Waals surface area contributed by atoms with Crippen LogP contribution in [0.5, 0.6) is 0 Å². The minimum absolute atomic E-state index is 1.03. The molecule has 1 N–H and O–H groups in total. The first-order valence-corrected chi connectivity index (χ1v) is 12.1. The maximum Gasteiger partial charge on any atom is 0.347 e. The van der Waals surface area contributed by atoms with E-state index < -0.39 is 15.1 Å². The average molecular weight is 264 g/mol. The van der Waals surface area contributed by atoms with Gasteiger partial charge >= 0.3 is 6.86 Å². The van der Waals surface area contributed by atoms with Gasteiger partial charge in [-0.1, -0.05) is 50.0 Å². The molecule has 0 amide bonds. The lowest BCUT2D eigenvalue weighted by Gasteiger charge is -2.27. The minimum Gasteiger partial charge on any atom is -0.332 e. The van der Waals surface area contributed by atoms with E-state index in [1.165, 1.54) is 0 Å². The molecule has 1 rings (SSSR count). The van der Waals surface area contributed by atoms with Crippen molar-refractivity contribution in [1.29, 1.82) is 0 Å². The molecule has 0 radical (unpaired) electrons. The smallest absolute Gasteiger partial charge is 0.332 e. The molecule has 1 aromatic rings. The van der Waals surface area contributed by atoms with Crippen molar-refractivity contribution >= 4 is 42.4 Å². The highest BCUT2D eigenvalue weighted by Gasteiger charge is 2.35. The molecule has 0 saturated heterocycles. The molecule has 0 unspecified atom stereocenters. The summed E-state index contributed by atoms with van der Waals surface area (Å²) < 4.78 is 3.42. The number of nitrogens with one attached hydrogen (secondary N) is 1. The molecular formula is C9H15Cl2NSi2. The fourth-order valence-electron chi connectivity index (χ4n) is 1.19. The van der Waals surface area contributed by atoms with E-state index in [2.05, 4.69) is 24.3 Å². The SMILES string of the molecule is C[Si](C)(C)N[Si](Cl)(Cl)c1ccccc1. The zero-order valence-corrected chi connectivity index (χ0v) is 12.2. The Morgan fingerprint density at radius 3 is 1.93 bits per heavy atom. The molecule has 78 valence electrons. The van der Waals surface area contributed by atoms with Gasteiger partial charge in [0.25, 0.3) is 0 Å². The number of hydrogen-bond acceptors (Lipinski definition) is 1. The van der Waals surface area contributed by atoms with Crippen LogP contribution in [0.2, 0.25) is 19.6 Å². The summed E-state index contributed by atoms with van der Waals surface area (Å²) in [6.07, 6.45) is 0. The van der Waals surface area contributed by atoms with Gasteiger partial charge in [-0.05, 0) is 5.19 Å². The monoisotopic (exact) mass is 263 g/mol. The molecule has 1 nitrogen and oxygen atoms in total. The summed E-state index contributed by atoms with van der Waals surface area (Å²) in [6, 6.07) is 9.87. The van der Waals surface area contributed by atoms with Gasteiger partial charge in [-0.15, -0.1) is 22.2 Å². The molecule has 0 atom stereocenters. The highest BCUT2D eigenvalue weighted by molar-refractivity contribution is 7.51. The van der Waals surface area contributed by atoms with Crippen LogP contribution >= 0.6 is 22.2 Å². The predicted octanol–water partition coefficient (Wildman–Crippen LogP) is 2.73. The molecule has 0 fully saturated rings. The summed E-state index contributed by atoms with van der Waals surface area (Å²) in [5.41, 5.74) is 0. The third-order valence-electron chi connectivity index (χ3n) is 1.67. The first-order chi connectivity index (χ1) is 6.31. The Labute approximate surface area is 97.0 Å². The molecule has 5 heteroatoms. The molecule has 0 bridgehead atoms. The van der Waals surface area contributed by atoms with Crippen molar-refractivity contribution in [1.82, 2.24) is 4.65 Å². The van der Waals surface area contributed by atoms with Gasteiger partial charge in [-0.2, -0.15) is 0 Å². The standard InChI is InChI=1S/C9H15Cl2NSi2/c1-13(2,3)12-14(10,11)9-7-5-4-6-8-9/h4-8,12H,1-3H3. The molecule has 14 heavy (non-hydrogen) atoms. The lowest BCUT2D eigenvalue weighted by atomic mass is 10.4. The molecule has 0 aliphatic rings. The zero-order chi connectivity index (χ0) is 10.8. The Bertz CT molecular complexity index is 295. The van der Waals surface area contributed by atoms with Gasteiger partial charge < -0.3 is 4.65 Å². The van der Waals surface area contributed by atoms with Gasteiger partial charge in [-0.3, -0.25) is 0 Å². The van der Waals surface area contributed by atoms with Crippen LogP contribution in [-0.2, 0) is 0 Å². The third-order valence-corrected chi connectivity index (χ3v) is 9.99. The molecule has 1 aromatic carbocycles. The maximum atomic E-state index is 6.37. The number of benzene rings is 1. The summed E-state index contributed by atoms with van der Waals surface area (Å²) in [6.45, 7) is 4.13. The van der Waals surface area contributed by atoms with Gasteiger partial charge in [0.15, 0.2) is 0 Å². The summed E-state index contributed by atoms with van der Waals surface area (Å²) in [5.74, 6) is 0. The van der Waals surface area contributed by atoms with E-state index in [1.807, 2.05) is 30.3 Å². The largest absolute Gasteiger partial charge is 0.347 e. The number of rotatable bonds is 3. The summed E-state index contributed by atoms with van der Waals surface area (Å²) in [7, 11) is -1.43.